The van der Waals surface area contributed by atoms with E-state index >= 15 is 0 Å². The van der Waals surface area contributed by atoms with Crippen molar-refractivity contribution >= 4 is 5.91 Å². The van der Waals surface area contributed by atoms with Gasteiger partial charge in [-0.2, -0.15) is 13.9 Å². The van der Waals surface area contributed by atoms with Gasteiger partial charge in [-0.25, -0.2) is 9.67 Å². The van der Waals surface area contributed by atoms with E-state index in [9.17, 15) is 26.7 Å². The minimum absolute atomic E-state index is 0.269. The highest BCUT2D eigenvalue weighted by Crippen LogP contribution is 2.32. The van der Waals surface area contributed by atoms with Gasteiger partial charge < -0.3 is 19.7 Å². The molecule has 1 saturated heterocycles. The molecule has 2 aromatic rings. The van der Waals surface area contributed by atoms with Gasteiger partial charge in [0.05, 0.1) is 11.6 Å². The normalized spacial score (nSPS) is 19.8. The number of pyridine rings is 1. The first kappa shape index (κ1) is 25.7. The number of alkyl halides is 5. The number of hydrogen-bond donors (Lipinski definition) is 1. The number of carbonyl (C=O) groups is 1. The van der Waals surface area contributed by atoms with Crippen LogP contribution in [0.15, 0.2) is 30.7 Å². The second kappa shape index (κ2) is 10.1. The molecule has 0 radical (unpaired) electrons. The number of hydrogen-bond acceptors (Lipinski definition) is 6. The maximum atomic E-state index is 13.1. The lowest BCUT2D eigenvalue weighted by atomic mass is 9.86. The highest BCUT2D eigenvalue weighted by molar-refractivity contribution is 5.82. The molecule has 0 aromatic carbocycles. The van der Waals surface area contributed by atoms with E-state index in [1.165, 1.54) is 24.7 Å². The number of likely N-dealkylation sites (tertiary alicyclic amines) is 1. The van der Waals surface area contributed by atoms with E-state index in [1.807, 2.05) is 11.9 Å². The number of carbonyl (C=O) groups excluding carboxylic acids is 1. The van der Waals surface area contributed by atoms with Gasteiger partial charge in [0, 0.05) is 30.9 Å². The van der Waals surface area contributed by atoms with Gasteiger partial charge in [0.15, 0.2) is 5.75 Å². The number of piperidine rings is 1. The highest BCUT2D eigenvalue weighted by Gasteiger charge is 2.37. The van der Waals surface area contributed by atoms with Crippen LogP contribution in [0, 0.1) is 5.41 Å². The van der Waals surface area contributed by atoms with Gasteiger partial charge in [0.1, 0.15) is 6.61 Å². The number of nitrogens with one attached hydrogen (secondary N) is 1. The Balaban J connectivity index is 1.68. The number of halogens is 5. The van der Waals surface area contributed by atoms with E-state index in [1.54, 1.807) is 13.8 Å². The minimum Gasteiger partial charge on any atom is -0.474 e. The summed E-state index contributed by atoms with van der Waals surface area (Å²) in [5.74, 6) is -1.67. The lowest BCUT2D eigenvalue weighted by molar-refractivity contribution is -0.275. The summed E-state index contributed by atoms with van der Waals surface area (Å²) in [6, 6.07) is 1.98. The molecule has 8 nitrogen and oxygen atoms in total. The highest BCUT2D eigenvalue weighted by atomic mass is 19.4. The molecule has 1 amide bonds. The zero-order valence-corrected chi connectivity index (χ0v) is 18.9. The molecule has 1 N–H and O–H groups in total. The molecule has 13 heteroatoms. The average Bonchev–Trinajstić information content (AvgIpc) is 3.24. The fraction of sp³-hybridized carbons (Fsp3) is 0.571. The average molecular weight is 491 g/mol. The Kier molecular flexibility index (Phi) is 7.64. The van der Waals surface area contributed by atoms with Crippen molar-refractivity contribution < 1.29 is 36.2 Å². The molecule has 0 unspecified atom stereocenters. The monoisotopic (exact) mass is 491 g/mol. The van der Waals surface area contributed by atoms with E-state index in [0.717, 1.165) is 6.07 Å². The molecule has 0 saturated carbocycles. The fourth-order valence-electron chi connectivity index (χ4n) is 3.64. The minimum atomic E-state index is -4.92. The first-order valence-electron chi connectivity index (χ1n) is 10.5. The summed E-state index contributed by atoms with van der Waals surface area (Å²) >= 11 is 0. The van der Waals surface area contributed by atoms with Crippen LogP contribution in [0.4, 0.5) is 22.0 Å². The first-order chi connectivity index (χ1) is 15.9. The van der Waals surface area contributed by atoms with Gasteiger partial charge in [-0.3, -0.25) is 4.79 Å². The Morgan fingerprint density at radius 2 is 2.06 bits per heavy atom. The van der Waals surface area contributed by atoms with Gasteiger partial charge in [0.2, 0.25) is 5.91 Å². The van der Waals surface area contributed by atoms with Crippen LogP contribution < -0.4 is 14.8 Å². The second-order valence-corrected chi connectivity index (χ2v) is 8.80. The summed E-state index contributed by atoms with van der Waals surface area (Å²) in [6.45, 7) is 1.33. The first-order valence-corrected chi connectivity index (χ1v) is 10.5. The van der Waals surface area contributed by atoms with E-state index in [0.29, 0.717) is 29.8 Å². The fourth-order valence-corrected chi connectivity index (χ4v) is 3.64. The lowest BCUT2D eigenvalue weighted by Gasteiger charge is -2.38. The molecule has 1 fully saturated rings. The van der Waals surface area contributed by atoms with Crippen LogP contribution in [0.5, 0.6) is 11.6 Å². The standard InChI is InChI=1S/C21H26F5N5O3/c1-20(2,12-33-17-16(5-4-7-27-17)34-21(24,25)26)18(32)29-15-6-8-30(3)11-14(15)13-9-28-31(10-13)19(22)23/h4-5,7,9-10,14-15,19H,6,8,11-12H2,1-3H3,(H,29,32)/t14-,15+/m0/s1. The molecule has 0 aliphatic carbocycles. The smallest absolute Gasteiger partial charge is 0.474 e. The molecule has 2 aromatic heterocycles. The number of ether oxygens (including phenoxy) is 2. The van der Waals surface area contributed by atoms with Gasteiger partial charge in [-0.1, -0.05) is 0 Å². The predicted molar refractivity (Wildman–Crippen MR) is 110 cm³/mol. The molecule has 188 valence electrons. The van der Waals surface area contributed by atoms with Crippen LogP contribution in [0.2, 0.25) is 0 Å². The van der Waals surface area contributed by atoms with Gasteiger partial charge >= 0.3 is 12.9 Å². The molecule has 1 aliphatic rings. The summed E-state index contributed by atoms with van der Waals surface area (Å²) in [6.07, 6.45) is -0.463. The number of nitrogens with zero attached hydrogens (tertiary/aromatic N) is 4. The molecular weight excluding hydrogens is 465 g/mol. The van der Waals surface area contributed by atoms with Crippen molar-refractivity contribution in [2.75, 3.05) is 26.7 Å². The summed E-state index contributed by atoms with van der Waals surface area (Å²) < 4.78 is 73.7. The van der Waals surface area contributed by atoms with Crippen LogP contribution in [-0.4, -0.2) is 64.7 Å². The number of aromatic nitrogens is 3. The third-order valence-corrected chi connectivity index (χ3v) is 5.53. The van der Waals surface area contributed by atoms with Crippen molar-refractivity contribution in [1.82, 2.24) is 25.0 Å². The van der Waals surface area contributed by atoms with Gasteiger partial charge in [0.25, 0.3) is 5.88 Å². The molecule has 3 heterocycles. The molecule has 2 atom stereocenters. The van der Waals surface area contributed by atoms with Crippen molar-refractivity contribution in [1.29, 1.82) is 0 Å². The Hall–Kier alpha value is -2.96. The molecule has 3 rings (SSSR count). The number of likely N-dealkylation sites (N-methyl/N-ethyl adjacent to an activating group) is 1. The number of rotatable bonds is 8. The van der Waals surface area contributed by atoms with Gasteiger partial charge in [-0.15, -0.1) is 13.2 Å². The largest absolute Gasteiger partial charge is 0.573 e. The third kappa shape index (κ3) is 6.55. The predicted octanol–water partition coefficient (Wildman–Crippen LogP) is 3.58. The Morgan fingerprint density at radius 1 is 1.32 bits per heavy atom. The van der Waals surface area contributed by atoms with Crippen molar-refractivity contribution in [3.05, 3.63) is 36.3 Å². The summed E-state index contributed by atoms with van der Waals surface area (Å²) in [5.41, 5.74) is -0.567. The zero-order valence-electron chi connectivity index (χ0n) is 18.9. The van der Waals surface area contributed by atoms with Crippen molar-refractivity contribution in [3.63, 3.8) is 0 Å². The van der Waals surface area contributed by atoms with Crippen LogP contribution >= 0.6 is 0 Å². The van der Waals surface area contributed by atoms with E-state index in [4.69, 9.17) is 4.74 Å². The van der Waals surface area contributed by atoms with Crippen LogP contribution in [0.25, 0.3) is 0 Å². The number of amides is 1. The lowest BCUT2D eigenvalue weighted by Crippen LogP contribution is -2.52. The summed E-state index contributed by atoms with van der Waals surface area (Å²) in [4.78, 5) is 18.9. The van der Waals surface area contributed by atoms with E-state index < -0.39 is 35.9 Å². The maximum Gasteiger partial charge on any atom is 0.573 e. The quantitative estimate of drug-likeness (QED) is 0.569. The molecule has 0 spiro atoms. The molecular formula is C21H26F5N5O3. The molecule has 34 heavy (non-hydrogen) atoms. The van der Waals surface area contributed by atoms with Crippen LogP contribution in [-0.2, 0) is 4.79 Å². The summed E-state index contributed by atoms with van der Waals surface area (Å²) in [7, 11) is 1.90. The SMILES string of the molecule is CN1CC[C@@H](NC(=O)C(C)(C)COc2ncccc2OC(F)(F)F)[C@H](c2cnn(C(F)F)c2)C1. The van der Waals surface area contributed by atoms with Crippen molar-refractivity contribution in [3.8, 4) is 11.6 Å². The van der Waals surface area contributed by atoms with Crippen LogP contribution in [0.1, 0.15) is 38.3 Å². The van der Waals surface area contributed by atoms with Crippen LogP contribution in [0.3, 0.4) is 0 Å². The van der Waals surface area contributed by atoms with E-state index in [-0.39, 0.29) is 18.6 Å². The van der Waals surface area contributed by atoms with E-state index in [2.05, 4.69) is 20.1 Å². The van der Waals surface area contributed by atoms with Crippen molar-refractivity contribution in [2.45, 2.75) is 45.1 Å². The zero-order chi connectivity index (χ0) is 25.1. The summed E-state index contributed by atoms with van der Waals surface area (Å²) in [5, 5.41) is 6.65. The molecule has 0 bridgehead atoms. The Morgan fingerprint density at radius 3 is 2.71 bits per heavy atom. The topological polar surface area (TPSA) is 81.5 Å². The van der Waals surface area contributed by atoms with Gasteiger partial charge in [-0.05, 0) is 51.6 Å². The van der Waals surface area contributed by atoms with Crippen molar-refractivity contribution in [2.24, 2.45) is 5.41 Å². The Bertz CT molecular complexity index is 982. The maximum absolute atomic E-state index is 13.1. The second-order valence-electron chi connectivity index (χ2n) is 8.80. The third-order valence-electron chi connectivity index (χ3n) is 5.53. The Labute approximate surface area is 193 Å². The molecule has 1 aliphatic heterocycles.